The third kappa shape index (κ3) is 2.97. The number of benzene rings is 1. The van der Waals surface area contributed by atoms with Crippen molar-refractivity contribution in [2.24, 2.45) is 5.92 Å². The van der Waals surface area contributed by atoms with Gasteiger partial charge in [0.05, 0.1) is 5.92 Å². The summed E-state index contributed by atoms with van der Waals surface area (Å²) in [5, 5.41) is 15.1. The Morgan fingerprint density at radius 1 is 1.24 bits per heavy atom. The molecule has 0 bridgehead atoms. The zero-order chi connectivity index (χ0) is 14.8. The predicted molar refractivity (Wildman–Crippen MR) is 78.0 cm³/mol. The van der Waals surface area contributed by atoms with Crippen molar-refractivity contribution in [3.05, 3.63) is 47.0 Å². The van der Waals surface area contributed by atoms with Gasteiger partial charge >= 0.3 is 5.97 Å². The Morgan fingerprint density at radius 3 is 2.86 bits per heavy atom. The van der Waals surface area contributed by atoms with Crippen molar-refractivity contribution in [1.82, 2.24) is 10.6 Å². The molecule has 3 rings (SSSR count). The lowest BCUT2D eigenvalue weighted by atomic mass is 9.98. The summed E-state index contributed by atoms with van der Waals surface area (Å²) < 4.78 is 0. The molecule has 3 N–H and O–H groups in total. The summed E-state index contributed by atoms with van der Waals surface area (Å²) in [4.78, 5) is 23.1. The van der Waals surface area contributed by atoms with Crippen LogP contribution in [0.15, 0.2) is 30.4 Å². The highest BCUT2D eigenvalue weighted by Crippen LogP contribution is 2.19. The van der Waals surface area contributed by atoms with E-state index in [0.29, 0.717) is 12.0 Å². The Hall–Kier alpha value is -2.14. The number of amides is 1. The molecule has 0 saturated carbocycles. The summed E-state index contributed by atoms with van der Waals surface area (Å²) in [6.07, 6.45) is 4.82. The van der Waals surface area contributed by atoms with Gasteiger partial charge in [-0.05, 0) is 42.6 Å². The van der Waals surface area contributed by atoms with Crippen LogP contribution in [0.4, 0.5) is 0 Å². The van der Waals surface area contributed by atoms with Gasteiger partial charge in [-0.25, -0.2) is 0 Å². The van der Waals surface area contributed by atoms with E-state index < -0.39 is 11.9 Å². The lowest BCUT2D eigenvalue weighted by Crippen LogP contribution is -2.33. The lowest BCUT2D eigenvalue weighted by molar-refractivity contribution is -0.140. The number of rotatable bonds is 3. The van der Waals surface area contributed by atoms with Gasteiger partial charge in [-0.2, -0.15) is 0 Å². The Kier molecular flexibility index (Phi) is 3.75. The lowest BCUT2D eigenvalue weighted by Gasteiger charge is -2.18. The van der Waals surface area contributed by atoms with Crippen LogP contribution in [0.3, 0.4) is 0 Å². The largest absolute Gasteiger partial charge is 0.481 e. The van der Waals surface area contributed by atoms with E-state index in [4.69, 9.17) is 5.11 Å². The van der Waals surface area contributed by atoms with Crippen LogP contribution in [0.2, 0.25) is 0 Å². The smallest absolute Gasteiger partial charge is 0.310 e. The first-order chi connectivity index (χ1) is 10.1. The molecule has 0 saturated heterocycles. The minimum atomic E-state index is -0.845. The maximum absolute atomic E-state index is 12.3. The fourth-order valence-electron chi connectivity index (χ4n) is 2.86. The molecular weight excluding hydrogens is 268 g/mol. The summed E-state index contributed by atoms with van der Waals surface area (Å²) in [5.41, 5.74) is 3.08. The molecule has 1 aromatic rings. The molecule has 1 heterocycles. The van der Waals surface area contributed by atoms with Gasteiger partial charge in [-0.15, -0.1) is 0 Å². The number of hydrogen-bond donors (Lipinski definition) is 3. The quantitative estimate of drug-likeness (QED) is 0.727. The summed E-state index contributed by atoms with van der Waals surface area (Å²) in [6.45, 7) is 1.77. The Morgan fingerprint density at radius 2 is 2.10 bits per heavy atom. The second-order valence-corrected chi connectivity index (χ2v) is 5.56. The van der Waals surface area contributed by atoms with E-state index in [1.54, 1.807) is 12.2 Å². The minimum Gasteiger partial charge on any atom is -0.481 e. The van der Waals surface area contributed by atoms with Crippen LogP contribution in [-0.4, -0.2) is 29.6 Å². The topological polar surface area (TPSA) is 78.4 Å². The average Bonchev–Trinajstić information content (AvgIpc) is 2.95. The fourth-order valence-corrected chi connectivity index (χ4v) is 2.86. The highest BCUT2D eigenvalue weighted by atomic mass is 16.4. The summed E-state index contributed by atoms with van der Waals surface area (Å²) in [7, 11) is 0. The van der Waals surface area contributed by atoms with E-state index in [2.05, 4.69) is 10.6 Å². The van der Waals surface area contributed by atoms with Crippen LogP contribution < -0.4 is 10.6 Å². The Labute approximate surface area is 123 Å². The molecule has 0 radical (unpaired) electrons. The standard InChI is InChI=1S/C16H18N2O3/c19-15(18-14-4-3-12(8-14)16(20)21)11-2-1-10-5-6-17-9-13(10)7-11/h1-4,7,12,14,17H,5-6,8-9H2,(H,18,19)(H,20,21). The molecule has 2 aliphatic rings. The number of carbonyl (C=O) groups excluding carboxylic acids is 1. The van der Waals surface area contributed by atoms with Gasteiger partial charge in [-0.1, -0.05) is 18.2 Å². The average molecular weight is 286 g/mol. The zero-order valence-corrected chi connectivity index (χ0v) is 11.6. The normalized spacial score (nSPS) is 23.6. The molecule has 1 aliphatic heterocycles. The van der Waals surface area contributed by atoms with Gasteiger partial charge in [0.25, 0.3) is 5.91 Å². The van der Waals surface area contributed by atoms with E-state index in [-0.39, 0.29) is 11.9 Å². The van der Waals surface area contributed by atoms with Crippen molar-refractivity contribution in [3.8, 4) is 0 Å². The van der Waals surface area contributed by atoms with Crippen molar-refractivity contribution in [3.63, 3.8) is 0 Å². The summed E-state index contributed by atoms with van der Waals surface area (Å²) >= 11 is 0. The monoisotopic (exact) mass is 286 g/mol. The SMILES string of the molecule is O=C(NC1C=CC(C(=O)O)C1)c1ccc2c(c1)CNCC2. The molecule has 110 valence electrons. The number of aliphatic carboxylic acids is 1. The predicted octanol–water partition coefficient (Wildman–Crippen LogP) is 1.09. The van der Waals surface area contributed by atoms with Gasteiger partial charge in [-0.3, -0.25) is 9.59 Å². The van der Waals surface area contributed by atoms with Gasteiger partial charge < -0.3 is 15.7 Å². The molecule has 5 nitrogen and oxygen atoms in total. The molecule has 5 heteroatoms. The molecule has 2 unspecified atom stereocenters. The molecular formula is C16H18N2O3. The van der Waals surface area contributed by atoms with Crippen molar-refractivity contribution >= 4 is 11.9 Å². The number of fused-ring (bicyclic) bond motifs is 1. The van der Waals surface area contributed by atoms with E-state index in [0.717, 1.165) is 19.5 Å². The molecule has 1 aromatic carbocycles. The Bertz CT molecular complexity index is 610. The van der Waals surface area contributed by atoms with Crippen LogP contribution >= 0.6 is 0 Å². The van der Waals surface area contributed by atoms with E-state index in [1.807, 2.05) is 18.2 Å². The first-order valence-electron chi connectivity index (χ1n) is 7.18. The number of carboxylic acid groups (broad SMARTS) is 1. The molecule has 0 spiro atoms. The van der Waals surface area contributed by atoms with Gasteiger partial charge in [0.15, 0.2) is 0 Å². The maximum atomic E-state index is 12.3. The molecule has 0 aromatic heterocycles. The Balaban J connectivity index is 1.66. The van der Waals surface area contributed by atoms with Crippen molar-refractivity contribution in [1.29, 1.82) is 0 Å². The molecule has 1 amide bonds. The summed E-state index contributed by atoms with van der Waals surface area (Å²) in [5.74, 6) is -1.49. The fraction of sp³-hybridized carbons (Fsp3) is 0.375. The van der Waals surface area contributed by atoms with Crippen molar-refractivity contribution in [2.75, 3.05) is 6.54 Å². The van der Waals surface area contributed by atoms with Gasteiger partial charge in [0, 0.05) is 18.2 Å². The highest BCUT2D eigenvalue weighted by molar-refractivity contribution is 5.95. The van der Waals surface area contributed by atoms with E-state index in [9.17, 15) is 9.59 Å². The van der Waals surface area contributed by atoms with Crippen molar-refractivity contribution in [2.45, 2.75) is 25.4 Å². The molecule has 1 aliphatic carbocycles. The summed E-state index contributed by atoms with van der Waals surface area (Å²) in [6, 6.07) is 5.57. The maximum Gasteiger partial charge on any atom is 0.310 e. The van der Waals surface area contributed by atoms with Crippen LogP contribution in [0, 0.1) is 5.92 Å². The van der Waals surface area contributed by atoms with Crippen LogP contribution in [0.5, 0.6) is 0 Å². The van der Waals surface area contributed by atoms with Crippen molar-refractivity contribution < 1.29 is 14.7 Å². The first kappa shape index (κ1) is 13.8. The van der Waals surface area contributed by atoms with Crippen LogP contribution in [0.1, 0.15) is 27.9 Å². The van der Waals surface area contributed by atoms with E-state index >= 15 is 0 Å². The molecule has 0 fully saturated rings. The first-order valence-corrected chi connectivity index (χ1v) is 7.18. The van der Waals surface area contributed by atoms with Crippen LogP contribution in [0.25, 0.3) is 0 Å². The number of carbonyl (C=O) groups is 2. The minimum absolute atomic E-state index is 0.149. The van der Waals surface area contributed by atoms with Gasteiger partial charge in [0.2, 0.25) is 0 Å². The number of hydrogen-bond acceptors (Lipinski definition) is 3. The second-order valence-electron chi connectivity index (χ2n) is 5.56. The molecule has 21 heavy (non-hydrogen) atoms. The number of nitrogens with one attached hydrogen (secondary N) is 2. The van der Waals surface area contributed by atoms with Gasteiger partial charge in [0.1, 0.15) is 0 Å². The molecule has 2 atom stereocenters. The zero-order valence-electron chi connectivity index (χ0n) is 11.6. The van der Waals surface area contributed by atoms with E-state index in [1.165, 1.54) is 11.1 Å². The second kappa shape index (κ2) is 5.69. The third-order valence-electron chi connectivity index (χ3n) is 4.07. The van der Waals surface area contributed by atoms with Crippen LogP contribution in [-0.2, 0) is 17.8 Å². The third-order valence-corrected chi connectivity index (χ3v) is 4.07. The number of carboxylic acids is 1. The highest BCUT2D eigenvalue weighted by Gasteiger charge is 2.25.